The Balaban J connectivity index is 1.05. The Bertz CT molecular complexity index is 2730. The third-order valence-corrected chi connectivity index (χ3v) is 11.8. The second-order valence-electron chi connectivity index (χ2n) is 16.1. The molecule has 372 valence electrons. The molecule has 1 aromatic heterocycles. The van der Waals surface area contributed by atoms with Gasteiger partial charge in [-0.3, -0.25) is 24.5 Å². The molecular formula is C44H43Cl2F5N10O9. The fourth-order valence-corrected chi connectivity index (χ4v) is 8.26. The van der Waals surface area contributed by atoms with Crippen LogP contribution in [-0.4, -0.2) is 129 Å². The van der Waals surface area contributed by atoms with Gasteiger partial charge in [0.1, 0.15) is 72.1 Å². The van der Waals surface area contributed by atoms with Crippen molar-refractivity contribution in [2.45, 2.75) is 69.0 Å². The Kier molecular flexibility index (Phi) is 15.9. The first-order valence-electron chi connectivity index (χ1n) is 21.2. The van der Waals surface area contributed by atoms with E-state index < -0.39 is 114 Å². The van der Waals surface area contributed by atoms with Crippen LogP contribution in [0.1, 0.15) is 42.5 Å². The lowest BCUT2D eigenvalue weighted by Gasteiger charge is -2.43. The van der Waals surface area contributed by atoms with Crippen molar-refractivity contribution in [3.05, 3.63) is 99.7 Å². The number of benzene rings is 3. The van der Waals surface area contributed by atoms with Gasteiger partial charge in [-0.1, -0.05) is 41.1 Å². The average molecular weight is 1020 g/mol. The molecule has 0 radical (unpaired) electrons. The minimum atomic E-state index is -4.95. The van der Waals surface area contributed by atoms with Gasteiger partial charge < -0.3 is 45.7 Å². The molecule has 4 heterocycles. The van der Waals surface area contributed by atoms with Gasteiger partial charge in [-0.25, -0.2) is 23.4 Å². The monoisotopic (exact) mass is 1020 g/mol. The van der Waals surface area contributed by atoms with E-state index in [9.17, 15) is 51.3 Å². The number of anilines is 1. The first-order valence-corrected chi connectivity index (χ1v) is 21.9. The highest BCUT2D eigenvalue weighted by molar-refractivity contribution is 6.31. The molecule has 7 N–H and O–H groups in total. The van der Waals surface area contributed by atoms with Crippen molar-refractivity contribution in [2.24, 2.45) is 15.7 Å². The highest BCUT2D eigenvalue weighted by Crippen LogP contribution is 2.40. The fourth-order valence-electron chi connectivity index (χ4n) is 7.99. The maximum Gasteiger partial charge on any atom is 0.418 e. The zero-order valence-corrected chi connectivity index (χ0v) is 38.2. The quantitative estimate of drug-likeness (QED) is 0.0246. The molecule has 0 aliphatic carbocycles. The number of imide groups is 1. The van der Waals surface area contributed by atoms with Crippen LogP contribution in [0.15, 0.2) is 71.3 Å². The summed E-state index contributed by atoms with van der Waals surface area (Å²) in [7, 11) is 0. The summed E-state index contributed by atoms with van der Waals surface area (Å²) >= 11 is 11.7. The molecule has 0 bridgehead atoms. The zero-order chi connectivity index (χ0) is 50.6. The summed E-state index contributed by atoms with van der Waals surface area (Å²) in [6.07, 6.45) is -10.00. The Morgan fingerprint density at radius 3 is 2.51 bits per heavy atom. The SMILES string of the molecule is C=C1c2ccc(NC(=O)COCCNC(=O)CO[C@@H]3[C@@H](n4cc(-c5cc(F)c(Cl)c(F)c5)nn4)[C@@H](O)[C@@H](CO)O[C@H]3C(N=C(C)N)=Nc3cc(Cl)ccc3C(F)(F)F)cc2CN1C1CCC(=O)NC1=O. The molecule has 0 saturated carbocycles. The number of rotatable bonds is 15. The number of nitrogens with one attached hydrogen (secondary N) is 3. The lowest BCUT2D eigenvalue weighted by Crippen LogP contribution is -2.59. The number of ether oxygens (including phenoxy) is 3. The van der Waals surface area contributed by atoms with Crippen LogP contribution in [0.3, 0.4) is 0 Å². The van der Waals surface area contributed by atoms with E-state index in [1.54, 1.807) is 18.2 Å². The molecule has 3 aliphatic heterocycles. The molecule has 4 amide bonds. The van der Waals surface area contributed by atoms with Crippen LogP contribution in [0.4, 0.5) is 33.3 Å². The topological polar surface area (TPSA) is 257 Å². The number of alkyl halides is 3. The van der Waals surface area contributed by atoms with Crippen LogP contribution in [0, 0.1) is 11.6 Å². The Morgan fingerprint density at radius 1 is 1.09 bits per heavy atom. The molecule has 2 saturated heterocycles. The molecule has 26 heteroatoms. The number of aromatic nitrogens is 3. The summed E-state index contributed by atoms with van der Waals surface area (Å²) in [4.78, 5) is 60.3. The maximum atomic E-state index is 14.5. The molecular weight excluding hydrogens is 978 g/mol. The van der Waals surface area contributed by atoms with Gasteiger partial charge in [0.15, 0.2) is 5.84 Å². The zero-order valence-electron chi connectivity index (χ0n) is 36.7. The second kappa shape index (κ2) is 21.7. The van der Waals surface area contributed by atoms with E-state index in [0.717, 1.165) is 46.3 Å². The average Bonchev–Trinajstić information content (AvgIpc) is 3.91. The number of hydrogen-bond donors (Lipinski definition) is 6. The number of piperidine rings is 1. The van der Waals surface area contributed by atoms with Crippen molar-refractivity contribution < 1.29 is 65.6 Å². The second-order valence-corrected chi connectivity index (χ2v) is 16.9. The first kappa shape index (κ1) is 51.4. The highest BCUT2D eigenvalue weighted by Gasteiger charge is 2.50. The van der Waals surface area contributed by atoms with E-state index in [2.05, 4.69) is 42.8 Å². The third-order valence-electron chi connectivity index (χ3n) is 11.2. The van der Waals surface area contributed by atoms with Gasteiger partial charge in [0, 0.05) is 47.0 Å². The van der Waals surface area contributed by atoms with E-state index in [4.69, 9.17) is 43.1 Å². The lowest BCUT2D eigenvalue weighted by atomic mass is 9.91. The van der Waals surface area contributed by atoms with Crippen molar-refractivity contribution in [1.29, 1.82) is 0 Å². The molecule has 7 rings (SSSR count). The third kappa shape index (κ3) is 11.8. The van der Waals surface area contributed by atoms with E-state index in [-0.39, 0.29) is 47.6 Å². The standard InChI is InChI=1S/C44H43Cl2F5N10O9/c1-20-26-5-4-25(11-23(26)15-60(20)32-7-8-34(63)57-43(32)67)55-36(65)18-68-10-9-53-35(64)19-69-40-38(61-16-31(58-59-61)22-12-28(47)37(46)29(48)13-22)39(66)33(17-62)70-41(40)42(54-21(2)52)56-30-14-24(45)3-6-27(30)44(49,50)51/h3-6,11-14,16,32-33,38-41,62,66H,1,7-10,15,17-19H2,2H3,(H,53,64)(H,55,65)(H2,52,54,56)(H,57,63,67)/t32?,33-,38+,39+,40-,41-/m1/s1. The van der Waals surface area contributed by atoms with Gasteiger partial charge in [-0.15, -0.1) is 5.10 Å². The van der Waals surface area contributed by atoms with Gasteiger partial charge in [-0.2, -0.15) is 13.2 Å². The van der Waals surface area contributed by atoms with Crippen LogP contribution < -0.4 is 21.7 Å². The number of hydrogen-bond acceptors (Lipinski definition) is 13. The van der Waals surface area contributed by atoms with Gasteiger partial charge in [0.25, 0.3) is 0 Å². The number of nitrogens with two attached hydrogens (primary N) is 1. The van der Waals surface area contributed by atoms with Crippen LogP contribution >= 0.6 is 23.2 Å². The van der Waals surface area contributed by atoms with Crippen LogP contribution in [0.2, 0.25) is 10.0 Å². The highest BCUT2D eigenvalue weighted by atomic mass is 35.5. The van der Waals surface area contributed by atoms with Gasteiger partial charge in [0.2, 0.25) is 23.6 Å². The molecule has 1 unspecified atom stereocenters. The minimum Gasteiger partial charge on any atom is -0.394 e. The summed E-state index contributed by atoms with van der Waals surface area (Å²) in [5, 5.41) is 36.6. The molecule has 4 aromatic rings. The summed E-state index contributed by atoms with van der Waals surface area (Å²) in [6, 6.07) is 7.36. The summed E-state index contributed by atoms with van der Waals surface area (Å²) in [6.45, 7) is 3.24. The molecule has 19 nitrogen and oxygen atoms in total. The first-order chi connectivity index (χ1) is 33.2. The molecule has 3 aromatic carbocycles. The van der Waals surface area contributed by atoms with Gasteiger partial charge in [-0.05, 0) is 61.4 Å². The summed E-state index contributed by atoms with van der Waals surface area (Å²) in [5.74, 6) is -5.14. The Labute approximate surface area is 404 Å². The maximum absolute atomic E-state index is 14.5. The molecule has 70 heavy (non-hydrogen) atoms. The molecule has 3 aliphatic rings. The van der Waals surface area contributed by atoms with Crippen molar-refractivity contribution in [2.75, 3.05) is 38.3 Å². The normalized spacial score (nSPS) is 22.0. The number of halogens is 7. The number of aliphatic imine (C=N–C) groups is 2. The minimum absolute atomic E-state index is 0.139. The van der Waals surface area contributed by atoms with Gasteiger partial charge in [0.05, 0.1) is 36.5 Å². The molecule has 6 atom stereocenters. The van der Waals surface area contributed by atoms with E-state index in [1.165, 1.54) is 6.92 Å². The number of nitrogens with zero attached hydrogens (tertiary/aromatic N) is 6. The number of fused-ring (bicyclic) bond motifs is 1. The fraction of sp³-hybridized carbons (Fsp3) is 0.364. The summed E-state index contributed by atoms with van der Waals surface area (Å²) < 4.78 is 90.1. The molecule has 0 spiro atoms. The predicted molar refractivity (Wildman–Crippen MR) is 241 cm³/mol. The number of amides is 4. The number of carbonyl (C=O) groups excluding carboxylic acids is 4. The molecule has 2 fully saturated rings. The smallest absolute Gasteiger partial charge is 0.394 e. The van der Waals surface area contributed by atoms with E-state index in [1.807, 2.05) is 4.90 Å². The van der Waals surface area contributed by atoms with Gasteiger partial charge >= 0.3 is 6.18 Å². The summed E-state index contributed by atoms with van der Waals surface area (Å²) in [5.41, 5.74) is 6.31. The predicted octanol–water partition coefficient (Wildman–Crippen LogP) is 4.07. The van der Waals surface area contributed by atoms with Crippen LogP contribution in [0.25, 0.3) is 17.0 Å². The lowest BCUT2D eigenvalue weighted by molar-refractivity contribution is -0.200. The largest absolute Gasteiger partial charge is 0.418 e. The van der Waals surface area contributed by atoms with Crippen LogP contribution in [-0.2, 0) is 46.1 Å². The Hall–Kier alpha value is -6.41. The Morgan fingerprint density at radius 2 is 1.83 bits per heavy atom. The number of amidine groups is 2. The van der Waals surface area contributed by atoms with E-state index >= 15 is 0 Å². The number of aliphatic hydroxyl groups is 2. The van der Waals surface area contributed by atoms with Crippen LogP contribution in [0.5, 0.6) is 0 Å². The van der Waals surface area contributed by atoms with Crippen molar-refractivity contribution in [3.63, 3.8) is 0 Å². The number of carbonyl (C=O) groups is 4. The van der Waals surface area contributed by atoms with Crippen molar-refractivity contribution in [3.8, 4) is 11.3 Å². The van der Waals surface area contributed by atoms with Crippen molar-refractivity contribution >= 4 is 75.6 Å². The number of aliphatic hydroxyl groups excluding tert-OH is 2. The van der Waals surface area contributed by atoms with Crippen molar-refractivity contribution in [1.82, 2.24) is 30.5 Å². The van der Waals surface area contributed by atoms with E-state index in [0.29, 0.717) is 30.4 Å².